The van der Waals surface area contributed by atoms with E-state index in [1.54, 1.807) is 31.3 Å². The molecule has 0 aromatic heterocycles. The molecule has 6 nitrogen and oxygen atoms in total. The number of methoxy groups -OCH3 is 2. The molecule has 0 unspecified atom stereocenters. The molecule has 0 spiro atoms. The van der Waals surface area contributed by atoms with Gasteiger partial charge in [-0.05, 0) is 35.4 Å². The van der Waals surface area contributed by atoms with E-state index in [4.69, 9.17) is 9.47 Å². The van der Waals surface area contributed by atoms with Gasteiger partial charge in [-0.2, -0.15) is 0 Å². The lowest BCUT2D eigenvalue weighted by Crippen LogP contribution is -2.38. The predicted molar refractivity (Wildman–Crippen MR) is 118 cm³/mol. The fourth-order valence-corrected chi connectivity index (χ4v) is 2.64. The zero-order chi connectivity index (χ0) is 19.8. The zero-order valence-electron chi connectivity index (χ0n) is 16.4. The number of carbonyl (C=O) groups is 1. The molecule has 2 aromatic rings. The lowest BCUT2D eigenvalue weighted by molar-refractivity contribution is 0.0597. The van der Waals surface area contributed by atoms with E-state index in [9.17, 15) is 9.18 Å². The molecule has 0 aliphatic heterocycles. The molecule has 0 fully saturated rings. The Hall–Kier alpha value is -2.36. The Morgan fingerprint density at radius 1 is 1.14 bits per heavy atom. The van der Waals surface area contributed by atoms with Crippen LogP contribution in [-0.2, 0) is 17.8 Å². The number of aliphatic imine (C=N–C) groups is 1. The second-order valence-corrected chi connectivity index (χ2v) is 5.91. The molecule has 0 saturated heterocycles. The predicted octanol–water partition coefficient (Wildman–Crippen LogP) is 3.45. The van der Waals surface area contributed by atoms with Crippen molar-refractivity contribution in [3.8, 4) is 5.75 Å². The number of guanidine groups is 1. The molecule has 0 atom stereocenters. The van der Waals surface area contributed by atoms with Gasteiger partial charge in [0.1, 0.15) is 17.1 Å². The van der Waals surface area contributed by atoms with Crippen LogP contribution in [0.2, 0.25) is 0 Å². The first-order chi connectivity index (χ1) is 13.0. The molecule has 1 N–H and O–H groups in total. The number of benzene rings is 2. The van der Waals surface area contributed by atoms with Crippen molar-refractivity contribution >= 4 is 35.9 Å². The van der Waals surface area contributed by atoms with E-state index >= 15 is 0 Å². The molecule has 2 rings (SSSR count). The van der Waals surface area contributed by atoms with Crippen LogP contribution in [0.5, 0.6) is 5.75 Å². The summed E-state index contributed by atoms with van der Waals surface area (Å²) in [5, 5.41) is 3.25. The first kappa shape index (κ1) is 23.7. The molecular weight excluding hydrogens is 476 g/mol. The normalized spacial score (nSPS) is 10.7. The number of halogens is 2. The molecule has 152 valence electrons. The van der Waals surface area contributed by atoms with Gasteiger partial charge in [-0.1, -0.05) is 18.2 Å². The summed E-state index contributed by atoms with van der Waals surface area (Å²) in [6.45, 7) is 1.05. The van der Waals surface area contributed by atoms with E-state index in [1.807, 2.05) is 18.0 Å². The number of nitrogens with one attached hydrogen (secondary N) is 1. The molecule has 0 heterocycles. The number of carbonyl (C=O) groups excluding carboxylic acids is 1. The maximum Gasteiger partial charge on any atom is 0.341 e. The summed E-state index contributed by atoms with van der Waals surface area (Å²) in [6, 6.07) is 11.7. The molecule has 0 bridgehead atoms. The van der Waals surface area contributed by atoms with E-state index < -0.39 is 5.97 Å². The SMILES string of the molecule is CN=C(NCc1ccc(OC)c(C(=O)OC)c1)N(C)Cc1ccc(F)cc1.I. The average Bonchev–Trinajstić information content (AvgIpc) is 2.69. The number of rotatable bonds is 6. The van der Waals surface area contributed by atoms with Crippen molar-refractivity contribution in [2.24, 2.45) is 4.99 Å². The molecule has 0 amide bonds. The summed E-state index contributed by atoms with van der Waals surface area (Å²) in [6.07, 6.45) is 0. The number of esters is 1. The number of hydrogen-bond acceptors (Lipinski definition) is 4. The fourth-order valence-electron chi connectivity index (χ4n) is 2.64. The van der Waals surface area contributed by atoms with Gasteiger partial charge in [-0.15, -0.1) is 24.0 Å². The first-order valence-electron chi connectivity index (χ1n) is 8.40. The maximum atomic E-state index is 13.0. The van der Waals surface area contributed by atoms with Gasteiger partial charge in [-0.25, -0.2) is 9.18 Å². The van der Waals surface area contributed by atoms with Gasteiger partial charge in [-0.3, -0.25) is 4.99 Å². The van der Waals surface area contributed by atoms with Crippen LogP contribution >= 0.6 is 24.0 Å². The highest BCUT2D eigenvalue weighted by Gasteiger charge is 2.14. The standard InChI is InChI=1S/C20H24FN3O3.HI/c1-22-20(24(2)13-14-5-8-16(21)9-6-14)23-12-15-7-10-18(26-3)17(11-15)19(25)27-4;/h5-11H,12-13H2,1-4H3,(H,22,23);1H. The van der Waals surface area contributed by atoms with Gasteiger partial charge in [0.15, 0.2) is 5.96 Å². The quantitative estimate of drug-likeness (QED) is 0.285. The monoisotopic (exact) mass is 501 g/mol. The largest absolute Gasteiger partial charge is 0.496 e. The first-order valence-corrected chi connectivity index (χ1v) is 8.40. The van der Waals surface area contributed by atoms with Crippen LogP contribution in [0, 0.1) is 5.82 Å². The summed E-state index contributed by atoms with van der Waals surface area (Å²) < 4.78 is 23.0. The second kappa shape index (κ2) is 11.5. The van der Waals surface area contributed by atoms with Gasteiger partial charge >= 0.3 is 5.97 Å². The van der Waals surface area contributed by atoms with Crippen molar-refractivity contribution < 1.29 is 18.7 Å². The van der Waals surface area contributed by atoms with Crippen molar-refractivity contribution in [3.05, 3.63) is 65.0 Å². The number of hydrogen-bond donors (Lipinski definition) is 1. The highest BCUT2D eigenvalue weighted by atomic mass is 127. The van der Waals surface area contributed by atoms with Crippen LogP contribution in [0.15, 0.2) is 47.5 Å². The molecule has 0 aliphatic rings. The second-order valence-electron chi connectivity index (χ2n) is 5.91. The lowest BCUT2D eigenvalue weighted by atomic mass is 10.1. The zero-order valence-corrected chi connectivity index (χ0v) is 18.7. The summed E-state index contributed by atoms with van der Waals surface area (Å²) in [7, 11) is 6.43. The average molecular weight is 501 g/mol. The van der Waals surface area contributed by atoms with Crippen molar-refractivity contribution in [1.29, 1.82) is 0 Å². The van der Waals surface area contributed by atoms with E-state index in [1.165, 1.54) is 26.4 Å². The summed E-state index contributed by atoms with van der Waals surface area (Å²) in [4.78, 5) is 18.1. The Labute approximate surface area is 181 Å². The Bertz CT molecular complexity index is 813. The third kappa shape index (κ3) is 6.36. The van der Waals surface area contributed by atoms with Crippen LogP contribution in [0.1, 0.15) is 21.5 Å². The Morgan fingerprint density at radius 2 is 1.79 bits per heavy atom. The van der Waals surface area contributed by atoms with Crippen LogP contribution in [0.4, 0.5) is 4.39 Å². The van der Waals surface area contributed by atoms with Gasteiger partial charge < -0.3 is 19.7 Å². The van der Waals surface area contributed by atoms with Gasteiger partial charge in [0.2, 0.25) is 0 Å². The number of ether oxygens (including phenoxy) is 2. The Balaban J connectivity index is 0.00000392. The Morgan fingerprint density at radius 3 is 2.36 bits per heavy atom. The van der Waals surface area contributed by atoms with E-state index in [-0.39, 0.29) is 29.8 Å². The van der Waals surface area contributed by atoms with Gasteiger partial charge in [0.25, 0.3) is 0 Å². The van der Waals surface area contributed by atoms with Crippen molar-refractivity contribution in [2.45, 2.75) is 13.1 Å². The van der Waals surface area contributed by atoms with Crippen LogP contribution in [-0.4, -0.2) is 45.1 Å². The van der Waals surface area contributed by atoms with Crippen molar-refractivity contribution in [2.75, 3.05) is 28.3 Å². The summed E-state index contributed by atoms with van der Waals surface area (Å²) in [5.41, 5.74) is 2.22. The van der Waals surface area contributed by atoms with Gasteiger partial charge in [0, 0.05) is 27.2 Å². The fraction of sp³-hybridized carbons (Fsp3) is 0.300. The third-order valence-corrected chi connectivity index (χ3v) is 4.03. The molecule has 0 aliphatic carbocycles. The van der Waals surface area contributed by atoms with Gasteiger partial charge in [0.05, 0.1) is 14.2 Å². The van der Waals surface area contributed by atoms with E-state index in [0.29, 0.717) is 30.4 Å². The van der Waals surface area contributed by atoms with E-state index in [2.05, 4.69) is 10.3 Å². The summed E-state index contributed by atoms with van der Waals surface area (Å²) in [5.74, 6) is 0.425. The maximum absolute atomic E-state index is 13.0. The highest BCUT2D eigenvalue weighted by Crippen LogP contribution is 2.20. The molecule has 0 saturated carbocycles. The molecule has 0 radical (unpaired) electrons. The topological polar surface area (TPSA) is 63.2 Å². The Kier molecular flexibility index (Phi) is 9.70. The third-order valence-electron chi connectivity index (χ3n) is 4.03. The molecule has 2 aromatic carbocycles. The minimum Gasteiger partial charge on any atom is -0.496 e. The van der Waals surface area contributed by atoms with Crippen LogP contribution in [0.25, 0.3) is 0 Å². The van der Waals surface area contributed by atoms with Crippen molar-refractivity contribution in [1.82, 2.24) is 10.2 Å². The smallest absolute Gasteiger partial charge is 0.341 e. The molecule has 28 heavy (non-hydrogen) atoms. The summed E-state index contributed by atoms with van der Waals surface area (Å²) >= 11 is 0. The van der Waals surface area contributed by atoms with Crippen LogP contribution < -0.4 is 10.1 Å². The lowest BCUT2D eigenvalue weighted by Gasteiger charge is -2.22. The highest BCUT2D eigenvalue weighted by molar-refractivity contribution is 14.0. The van der Waals surface area contributed by atoms with Crippen molar-refractivity contribution in [3.63, 3.8) is 0 Å². The molecule has 8 heteroatoms. The molecular formula is C20H25FIN3O3. The minimum atomic E-state index is -0.452. The van der Waals surface area contributed by atoms with E-state index in [0.717, 1.165) is 11.1 Å². The van der Waals surface area contributed by atoms with Crippen LogP contribution in [0.3, 0.4) is 0 Å². The minimum absolute atomic E-state index is 0. The number of nitrogens with zero attached hydrogens (tertiary/aromatic N) is 2.